The van der Waals surface area contributed by atoms with Gasteiger partial charge in [-0.15, -0.1) is 0 Å². The SMILES string of the molecule is C[C@H](Cc1ccco1)NC(=O)c1ccc(Cl)c(S(C)(=O)=O)c1. The van der Waals surface area contributed by atoms with Crippen LogP contribution in [0, 0.1) is 0 Å². The average Bonchev–Trinajstić information content (AvgIpc) is 2.90. The molecule has 0 aliphatic heterocycles. The third-order valence-electron chi connectivity index (χ3n) is 3.06. The fourth-order valence-electron chi connectivity index (χ4n) is 2.02. The molecule has 0 unspecified atom stereocenters. The number of hydrogen-bond acceptors (Lipinski definition) is 4. The molecule has 0 aliphatic rings. The average molecular weight is 342 g/mol. The Bertz CT molecular complexity index is 769. The van der Waals surface area contributed by atoms with Gasteiger partial charge < -0.3 is 9.73 Å². The van der Waals surface area contributed by atoms with Crippen molar-refractivity contribution in [2.75, 3.05) is 6.26 Å². The number of hydrogen-bond donors (Lipinski definition) is 1. The van der Waals surface area contributed by atoms with Crippen LogP contribution >= 0.6 is 11.6 Å². The zero-order chi connectivity index (χ0) is 16.3. The number of carbonyl (C=O) groups excluding carboxylic acids is 1. The molecule has 2 rings (SSSR count). The summed E-state index contributed by atoms with van der Waals surface area (Å²) in [6.45, 7) is 1.84. The van der Waals surface area contributed by atoms with Gasteiger partial charge in [0.15, 0.2) is 9.84 Å². The summed E-state index contributed by atoms with van der Waals surface area (Å²) in [6, 6.07) is 7.63. The van der Waals surface area contributed by atoms with Crippen molar-refractivity contribution < 1.29 is 17.6 Å². The molecule has 1 heterocycles. The second-order valence-electron chi connectivity index (χ2n) is 5.08. The lowest BCUT2D eigenvalue weighted by Gasteiger charge is -2.13. The lowest BCUT2D eigenvalue weighted by molar-refractivity contribution is 0.0939. The van der Waals surface area contributed by atoms with Gasteiger partial charge >= 0.3 is 0 Å². The fourth-order valence-corrected chi connectivity index (χ4v) is 3.32. The number of amides is 1. The molecule has 5 nitrogen and oxygen atoms in total. The van der Waals surface area contributed by atoms with Crippen molar-refractivity contribution in [3.8, 4) is 0 Å². The van der Waals surface area contributed by atoms with Crippen LogP contribution in [-0.4, -0.2) is 26.6 Å². The van der Waals surface area contributed by atoms with Gasteiger partial charge in [0, 0.05) is 24.3 Å². The van der Waals surface area contributed by atoms with Crippen LogP contribution in [0.1, 0.15) is 23.0 Å². The Morgan fingerprint density at radius 3 is 2.68 bits per heavy atom. The second kappa shape index (κ2) is 6.54. The summed E-state index contributed by atoms with van der Waals surface area (Å²) in [4.78, 5) is 12.1. The molecule has 1 amide bonds. The Labute approximate surface area is 134 Å². The molecule has 0 aliphatic carbocycles. The molecule has 0 radical (unpaired) electrons. The number of sulfone groups is 1. The second-order valence-corrected chi connectivity index (χ2v) is 7.47. The first-order valence-electron chi connectivity index (χ1n) is 6.60. The Kier molecular flexibility index (Phi) is 4.93. The number of halogens is 1. The maximum Gasteiger partial charge on any atom is 0.251 e. The summed E-state index contributed by atoms with van der Waals surface area (Å²) in [6.07, 6.45) is 3.17. The number of carbonyl (C=O) groups is 1. The molecular weight excluding hydrogens is 326 g/mol. The lowest BCUT2D eigenvalue weighted by atomic mass is 10.1. The monoisotopic (exact) mass is 341 g/mol. The van der Waals surface area contributed by atoms with E-state index in [1.165, 1.54) is 18.2 Å². The Morgan fingerprint density at radius 2 is 2.09 bits per heavy atom. The Balaban J connectivity index is 2.13. The van der Waals surface area contributed by atoms with Crippen LogP contribution in [-0.2, 0) is 16.3 Å². The summed E-state index contributed by atoms with van der Waals surface area (Å²) in [7, 11) is -3.49. The number of furan rings is 1. The molecule has 1 aromatic heterocycles. The van der Waals surface area contributed by atoms with E-state index in [1.54, 1.807) is 12.3 Å². The predicted molar refractivity (Wildman–Crippen MR) is 83.9 cm³/mol. The zero-order valence-corrected chi connectivity index (χ0v) is 13.7. The first-order chi connectivity index (χ1) is 10.3. The molecule has 1 atom stereocenters. The molecule has 0 fully saturated rings. The van der Waals surface area contributed by atoms with E-state index >= 15 is 0 Å². The standard InChI is InChI=1S/C15H16ClNO4S/c1-10(8-12-4-3-7-21-12)17-15(18)11-5-6-13(16)14(9-11)22(2,19)20/h3-7,9-10H,8H2,1-2H3,(H,17,18)/t10-/m1/s1. The Morgan fingerprint density at radius 1 is 1.36 bits per heavy atom. The molecular formula is C15H16ClNO4S. The third kappa shape index (κ3) is 4.11. The van der Waals surface area contributed by atoms with Gasteiger partial charge in [-0.2, -0.15) is 0 Å². The van der Waals surface area contributed by atoms with Crippen LogP contribution in [0.4, 0.5) is 0 Å². The maximum atomic E-state index is 12.2. The van der Waals surface area contributed by atoms with Gasteiger partial charge in [0.1, 0.15) is 5.76 Å². The van der Waals surface area contributed by atoms with Crippen molar-refractivity contribution in [2.24, 2.45) is 0 Å². The van der Waals surface area contributed by atoms with Gasteiger partial charge in [0.2, 0.25) is 0 Å². The molecule has 1 aromatic carbocycles. The predicted octanol–water partition coefficient (Wildman–Crippen LogP) is 2.70. The largest absolute Gasteiger partial charge is 0.469 e. The number of rotatable bonds is 5. The van der Waals surface area contributed by atoms with Crippen molar-refractivity contribution in [2.45, 2.75) is 24.3 Å². The van der Waals surface area contributed by atoms with E-state index in [4.69, 9.17) is 16.0 Å². The van der Waals surface area contributed by atoms with E-state index in [1.807, 2.05) is 13.0 Å². The molecule has 2 aromatic rings. The van der Waals surface area contributed by atoms with Gasteiger partial charge in [-0.1, -0.05) is 11.6 Å². The highest BCUT2D eigenvalue weighted by molar-refractivity contribution is 7.90. The highest BCUT2D eigenvalue weighted by Gasteiger charge is 2.17. The van der Waals surface area contributed by atoms with Crippen LogP contribution in [0.25, 0.3) is 0 Å². The van der Waals surface area contributed by atoms with Gasteiger partial charge in [-0.05, 0) is 37.3 Å². The lowest BCUT2D eigenvalue weighted by Crippen LogP contribution is -2.34. The quantitative estimate of drug-likeness (QED) is 0.907. The van der Waals surface area contributed by atoms with E-state index in [9.17, 15) is 13.2 Å². The van der Waals surface area contributed by atoms with E-state index in [0.29, 0.717) is 6.42 Å². The first-order valence-corrected chi connectivity index (χ1v) is 8.87. The van der Waals surface area contributed by atoms with Crippen LogP contribution < -0.4 is 5.32 Å². The third-order valence-corrected chi connectivity index (χ3v) is 4.64. The van der Waals surface area contributed by atoms with Gasteiger partial charge in [0.05, 0.1) is 16.2 Å². The minimum Gasteiger partial charge on any atom is -0.469 e. The molecule has 22 heavy (non-hydrogen) atoms. The summed E-state index contributed by atoms with van der Waals surface area (Å²) >= 11 is 5.86. The molecule has 7 heteroatoms. The van der Waals surface area contributed by atoms with E-state index < -0.39 is 9.84 Å². The van der Waals surface area contributed by atoms with Crippen molar-refractivity contribution in [3.63, 3.8) is 0 Å². The molecule has 118 valence electrons. The first kappa shape index (κ1) is 16.6. The van der Waals surface area contributed by atoms with Crippen molar-refractivity contribution in [3.05, 3.63) is 52.9 Å². The summed E-state index contributed by atoms with van der Waals surface area (Å²) in [5.74, 6) is 0.404. The van der Waals surface area contributed by atoms with E-state index in [2.05, 4.69) is 5.32 Å². The number of nitrogens with one attached hydrogen (secondary N) is 1. The molecule has 0 saturated heterocycles. The maximum absolute atomic E-state index is 12.2. The Hall–Kier alpha value is -1.79. The molecule has 1 N–H and O–H groups in total. The van der Waals surface area contributed by atoms with Crippen molar-refractivity contribution in [1.29, 1.82) is 0 Å². The summed E-state index contributed by atoms with van der Waals surface area (Å²) in [5.41, 5.74) is 0.246. The highest BCUT2D eigenvalue weighted by atomic mass is 35.5. The van der Waals surface area contributed by atoms with Gasteiger partial charge in [-0.25, -0.2) is 8.42 Å². The molecule has 0 bridgehead atoms. The summed E-state index contributed by atoms with van der Waals surface area (Å²) in [5, 5.41) is 2.90. The number of benzene rings is 1. The van der Waals surface area contributed by atoms with Crippen LogP contribution in [0.5, 0.6) is 0 Å². The zero-order valence-electron chi connectivity index (χ0n) is 12.2. The topological polar surface area (TPSA) is 76.4 Å². The van der Waals surface area contributed by atoms with Crippen LogP contribution in [0.15, 0.2) is 45.9 Å². The molecule has 0 saturated carbocycles. The van der Waals surface area contributed by atoms with E-state index in [-0.39, 0.29) is 27.4 Å². The van der Waals surface area contributed by atoms with Crippen molar-refractivity contribution in [1.82, 2.24) is 5.32 Å². The van der Waals surface area contributed by atoms with Crippen LogP contribution in [0.3, 0.4) is 0 Å². The normalized spacial score (nSPS) is 12.9. The van der Waals surface area contributed by atoms with E-state index in [0.717, 1.165) is 12.0 Å². The smallest absolute Gasteiger partial charge is 0.251 e. The van der Waals surface area contributed by atoms with Crippen molar-refractivity contribution >= 4 is 27.3 Å². The minimum atomic E-state index is -3.49. The highest BCUT2D eigenvalue weighted by Crippen LogP contribution is 2.22. The fraction of sp³-hybridized carbons (Fsp3) is 0.267. The molecule has 0 spiro atoms. The van der Waals surface area contributed by atoms with Gasteiger partial charge in [-0.3, -0.25) is 4.79 Å². The summed E-state index contributed by atoms with van der Waals surface area (Å²) < 4.78 is 28.5. The minimum absolute atomic E-state index is 0.0551. The van der Waals surface area contributed by atoms with Gasteiger partial charge in [0.25, 0.3) is 5.91 Å². The van der Waals surface area contributed by atoms with Crippen LogP contribution in [0.2, 0.25) is 5.02 Å².